The minimum atomic E-state index is -0.878. The number of guanidine groups is 1. The molecule has 0 saturated heterocycles. The number of aryl methyl sites for hydroxylation is 1. The molecule has 0 spiro atoms. The largest absolute Gasteiger partial charge is 0.425 e. The quantitative estimate of drug-likeness (QED) is 0.146. The lowest BCUT2D eigenvalue weighted by Gasteiger charge is -2.22. The molecule has 0 aliphatic rings. The third-order valence-electron chi connectivity index (χ3n) is 5.86. The van der Waals surface area contributed by atoms with Crippen molar-refractivity contribution in [2.75, 3.05) is 13.6 Å². The number of fused-ring (bicyclic) bond motifs is 1. The third kappa shape index (κ3) is 7.82. The van der Waals surface area contributed by atoms with E-state index >= 15 is 0 Å². The molecule has 3 aromatic rings. The van der Waals surface area contributed by atoms with Crippen LogP contribution in [-0.4, -0.2) is 48.4 Å². The van der Waals surface area contributed by atoms with E-state index < -0.39 is 24.0 Å². The van der Waals surface area contributed by atoms with Crippen LogP contribution in [0.25, 0.3) is 10.8 Å². The summed E-state index contributed by atoms with van der Waals surface area (Å²) in [5.74, 6) is -0.620. The first-order valence-corrected chi connectivity index (χ1v) is 11.7. The summed E-state index contributed by atoms with van der Waals surface area (Å²) >= 11 is 0. The van der Waals surface area contributed by atoms with Crippen molar-refractivity contribution >= 4 is 28.6 Å². The number of nitrogens with two attached hydrogens (primary N) is 2. The number of esters is 1. The predicted octanol–water partition coefficient (Wildman–Crippen LogP) is 2.80. The van der Waals surface area contributed by atoms with E-state index in [1.54, 1.807) is 24.1 Å². The van der Waals surface area contributed by atoms with Gasteiger partial charge >= 0.3 is 5.97 Å². The third-order valence-corrected chi connectivity index (χ3v) is 5.86. The van der Waals surface area contributed by atoms with Crippen molar-refractivity contribution in [3.05, 3.63) is 78.4 Å². The van der Waals surface area contributed by atoms with Crippen LogP contribution in [-0.2, 0) is 16.0 Å². The summed E-state index contributed by atoms with van der Waals surface area (Å²) in [6, 6.07) is 21.3. The summed E-state index contributed by atoms with van der Waals surface area (Å²) in [5.41, 5.74) is 12.7. The molecule has 0 aliphatic heterocycles. The molecular weight excluding hydrogens is 442 g/mol. The predicted molar refractivity (Wildman–Crippen MR) is 138 cm³/mol. The second-order valence-corrected chi connectivity index (χ2v) is 8.57. The molecule has 0 heterocycles. The highest BCUT2D eigenvalue weighted by atomic mass is 16.5. The van der Waals surface area contributed by atoms with Crippen LogP contribution >= 0.6 is 0 Å². The highest BCUT2D eigenvalue weighted by molar-refractivity contribution is 5.89. The molecule has 0 bridgehead atoms. The fourth-order valence-electron chi connectivity index (χ4n) is 3.70. The molecule has 0 aliphatic carbocycles. The Morgan fingerprint density at radius 1 is 1.00 bits per heavy atom. The number of hydrogen-bond acceptors (Lipinski definition) is 5. The molecule has 0 saturated carbocycles. The van der Waals surface area contributed by atoms with Crippen LogP contribution in [0, 0.1) is 5.41 Å². The molecule has 6 N–H and O–H groups in total. The number of benzene rings is 3. The molecule has 2 atom stereocenters. The van der Waals surface area contributed by atoms with Crippen LogP contribution < -0.4 is 21.5 Å². The van der Waals surface area contributed by atoms with Gasteiger partial charge in [0.25, 0.3) is 0 Å². The van der Waals surface area contributed by atoms with Gasteiger partial charge in [0.1, 0.15) is 11.8 Å². The maximum absolute atomic E-state index is 13.0. The summed E-state index contributed by atoms with van der Waals surface area (Å²) in [6.07, 6.45) is 1.95. The van der Waals surface area contributed by atoms with Gasteiger partial charge < -0.3 is 26.4 Å². The number of hydrogen-bond donors (Lipinski definition) is 4. The lowest BCUT2D eigenvalue weighted by molar-refractivity contribution is -0.139. The monoisotopic (exact) mass is 475 g/mol. The maximum atomic E-state index is 13.0. The Kier molecular flexibility index (Phi) is 9.20. The molecule has 1 amide bonds. The van der Waals surface area contributed by atoms with Gasteiger partial charge in [-0.2, -0.15) is 0 Å². The zero-order valence-electron chi connectivity index (χ0n) is 19.9. The average molecular weight is 476 g/mol. The summed E-state index contributed by atoms with van der Waals surface area (Å²) < 4.78 is 5.62. The summed E-state index contributed by atoms with van der Waals surface area (Å²) in [4.78, 5) is 27.4. The summed E-state index contributed by atoms with van der Waals surface area (Å²) in [7, 11) is 1.70. The Labute approximate surface area is 205 Å². The van der Waals surface area contributed by atoms with Gasteiger partial charge in [-0.15, -0.1) is 0 Å². The van der Waals surface area contributed by atoms with E-state index in [1.807, 2.05) is 60.7 Å². The zero-order valence-corrected chi connectivity index (χ0v) is 19.9. The highest BCUT2D eigenvalue weighted by Gasteiger charge is 2.25. The molecular formula is C27H33N5O3. The highest BCUT2D eigenvalue weighted by Crippen LogP contribution is 2.21. The van der Waals surface area contributed by atoms with Crippen molar-refractivity contribution in [1.29, 1.82) is 5.41 Å². The van der Waals surface area contributed by atoms with Crippen LogP contribution in [0.1, 0.15) is 24.8 Å². The number of carbonyl (C=O) groups excluding carboxylic acids is 2. The number of amides is 1. The van der Waals surface area contributed by atoms with Crippen molar-refractivity contribution in [3.8, 4) is 5.75 Å². The number of carbonyl (C=O) groups is 2. The fourth-order valence-corrected chi connectivity index (χ4v) is 3.70. The van der Waals surface area contributed by atoms with E-state index in [9.17, 15) is 9.59 Å². The van der Waals surface area contributed by atoms with E-state index in [0.717, 1.165) is 16.3 Å². The molecule has 3 rings (SSSR count). The van der Waals surface area contributed by atoms with E-state index in [4.69, 9.17) is 21.6 Å². The smallest absolute Gasteiger partial charge is 0.334 e. The van der Waals surface area contributed by atoms with Crippen molar-refractivity contribution in [2.24, 2.45) is 11.5 Å². The van der Waals surface area contributed by atoms with Crippen molar-refractivity contribution in [3.63, 3.8) is 0 Å². The van der Waals surface area contributed by atoms with Gasteiger partial charge in [0.15, 0.2) is 5.96 Å². The number of rotatable bonds is 11. The number of nitrogens with one attached hydrogen (secondary N) is 2. The SMILES string of the molecule is CN(CCC[C@H](NC(=O)[C@@H](N)CCc1ccccc1)C(=O)Oc1ccc2ccccc2c1)C(=N)N. The Hall–Kier alpha value is -3.91. The molecule has 3 aromatic carbocycles. The summed E-state index contributed by atoms with van der Waals surface area (Å²) in [6.45, 7) is 0.463. The van der Waals surface area contributed by atoms with Gasteiger partial charge in [0.2, 0.25) is 5.91 Å². The van der Waals surface area contributed by atoms with Crippen molar-refractivity contribution in [1.82, 2.24) is 10.2 Å². The van der Waals surface area contributed by atoms with E-state index in [1.165, 1.54) is 0 Å². The van der Waals surface area contributed by atoms with Crippen LogP contribution in [0.3, 0.4) is 0 Å². The molecule has 0 fully saturated rings. The Morgan fingerprint density at radius 2 is 1.69 bits per heavy atom. The molecule has 8 nitrogen and oxygen atoms in total. The van der Waals surface area contributed by atoms with Gasteiger partial charge in [-0.25, -0.2) is 4.79 Å². The zero-order chi connectivity index (χ0) is 25.2. The molecule has 0 unspecified atom stereocenters. The van der Waals surface area contributed by atoms with Crippen LogP contribution in [0.5, 0.6) is 5.75 Å². The molecule has 0 radical (unpaired) electrons. The van der Waals surface area contributed by atoms with Gasteiger partial charge in [0, 0.05) is 13.6 Å². The van der Waals surface area contributed by atoms with Crippen LogP contribution in [0.2, 0.25) is 0 Å². The second-order valence-electron chi connectivity index (χ2n) is 8.57. The Bertz CT molecular complexity index is 1150. The first-order valence-electron chi connectivity index (χ1n) is 11.7. The Morgan fingerprint density at radius 3 is 2.40 bits per heavy atom. The van der Waals surface area contributed by atoms with E-state index in [2.05, 4.69) is 5.32 Å². The maximum Gasteiger partial charge on any atom is 0.334 e. The second kappa shape index (κ2) is 12.5. The molecule has 8 heteroatoms. The summed E-state index contributed by atoms with van der Waals surface area (Å²) in [5, 5.41) is 12.3. The standard InChI is InChI=1S/C27H33N5O3/c1-32(27(29)30)17-7-12-24(31-25(33)23(28)16-13-19-8-3-2-4-9-19)26(34)35-22-15-14-20-10-5-6-11-21(20)18-22/h2-6,8-11,14-15,18,23-24H,7,12-13,16-17,28H2,1H3,(H3,29,30)(H,31,33)/t23-,24-/m0/s1. The minimum absolute atomic E-state index is 0.0627. The Balaban J connectivity index is 1.64. The van der Waals surface area contributed by atoms with Crippen molar-refractivity contribution < 1.29 is 14.3 Å². The van der Waals surface area contributed by atoms with Gasteiger partial charge in [-0.1, -0.05) is 60.7 Å². The van der Waals surface area contributed by atoms with E-state index in [-0.39, 0.29) is 5.96 Å². The van der Waals surface area contributed by atoms with Gasteiger partial charge in [0.05, 0.1) is 6.04 Å². The van der Waals surface area contributed by atoms with Crippen LogP contribution in [0.15, 0.2) is 72.8 Å². The normalized spacial score (nSPS) is 12.5. The topological polar surface area (TPSA) is 135 Å². The minimum Gasteiger partial charge on any atom is -0.425 e. The lowest BCUT2D eigenvalue weighted by atomic mass is 10.0. The number of nitrogens with zero attached hydrogens (tertiary/aromatic N) is 1. The van der Waals surface area contributed by atoms with Crippen LogP contribution in [0.4, 0.5) is 0 Å². The molecule has 184 valence electrons. The lowest BCUT2D eigenvalue weighted by Crippen LogP contribution is -2.50. The van der Waals surface area contributed by atoms with Gasteiger partial charge in [-0.05, 0) is 54.2 Å². The molecule has 35 heavy (non-hydrogen) atoms. The molecule has 0 aromatic heterocycles. The van der Waals surface area contributed by atoms with E-state index in [0.29, 0.717) is 38.0 Å². The average Bonchev–Trinajstić information content (AvgIpc) is 2.86. The first kappa shape index (κ1) is 25.7. The number of ether oxygens (including phenoxy) is 1. The fraction of sp³-hybridized carbons (Fsp3) is 0.296. The van der Waals surface area contributed by atoms with Gasteiger partial charge in [-0.3, -0.25) is 10.2 Å². The van der Waals surface area contributed by atoms with Crippen molar-refractivity contribution in [2.45, 2.75) is 37.8 Å². The first-order chi connectivity index (χ1) is 16.8.